The van der Waals surface area contributed by atoms with Gasteiger partial charge in [0.2, 0.25) is 0 Å². The number of thiophene rings is 1. The number of aliphatic hydroxyl groups is 1. The summed E-state index contributed by atoms with van der Waals surface area (Å²) in [6, 6.07) is 2.17. The second-order valence-electron chi connectivity index (χ2n) is 4.35. The highest BCUT2D eigenvalue weighted by molar-refractivity contribution is 7.10. The second-order valence-corrected chi connectivity index (χ2v) is 5.35. The molecule has 80 valence electrons. The lowest BCUT2D eigenvalue weighted by molar-refractivity contribution is 0.129. The molecular weight excluding hydrogens is 192 g/mol. The van der Waals surface area contributed by atoms with Crippen molar-refractivity contribution in [3.05, 3.63) is 21.9 Å². The first-order chi connectivity index (χ1) is 6.61. The molecule has 0 spiro atoms. The van der Waals surface area contributed by atoms with E-state index in [1.54, 1.807) is 0 Å². The Morgan fingerprint density at radius 1 is 1.50 bits per heavy atom. The first-order valence-electron chi connectivity index (χ1n) is 5.25. The quantitative estimate of drug-likeness (QED) is 0.793. The van der Waals surface area contributed by atoms with Crippen LogP contribution < -0.4 is 0 Å². The van der Waals surface area contributed by atoms with Gasteiger partial charge >= 0.3 is 0 Å². The predicted octanol–water partition coefficient (Wildman–Crippen LogP) is 3.40. The van der Waals surface area contributed by atoms with E-state index in [-0.39, 0.29) is 5.41 Å². The van der Waals surface area contributed by atoms with Crippen molar-refractivity contribution in [3.8, 4) is 0 Å². The van der Waals surface area contributed by atoms with Crippen LogP contribution in [-0.4, -0.2) is 11.7 Å². The summed E-state index contributed by atoms with van der Waals surface area (Å²) in [5.74, 6) is 0. The molecule has 1 heterocycles. The van der Waals surface area contributed by atoms with Gasteiger partial charge in [-0.05, 0) is 48.6 Å². The zero-order valence-corrected chi connectivity index (χ0v) is 10.2. The standard InChI is InChI=1S/C12H20OS/c1-4-12(3,9-13)7-5-11-10(2)6-8-14-11/h6,8,13H,4-5,7,9H2,1-3H3/t12-/m1/s1. The average molecular weight is 212 g/mol. The Labute approximate surface area is 90.8 Å². The normalized spacial score (nSPS) is 15.4. The van der Waals surface area contributed by atoms with Gasteiger partial charge in [0.15, 0.2) is 0 Å². The van der Waals surface area contributed by atoms with Crippen molar-refractivity contribution in [1.29, 1.82) is 0 Å². The van der Waals surface area contributed by atoms with Gasteiger partial charge in [-0.2, -0.15) is 0 Å². The minimum atomic E-state index is 0.108. The average Bonchev–Trinajstić information content (AvgIpc) is 2.61. The Morgan fingerprint density at radius 2 is 2.21 bits per heavy atom. The molecule has 0 aliphatic rings. The smallest absolute Gasteiger partial charge is 0.0484 e. The molecule has 0 aliphatic carbocycles. The molecule has 1 atom stereocenters. The van der Waals surface area contributed by atoms with Crippen molar-refractivity contribution in [1.82, 2.24) is 0 Å². The molecule has 1 aromatic heterocycles. The maximum atomic E-state index is 9.29. The van der Waals surface area contributed by atoms with E-state index in [4.69, 9.17) is 0 Å². The highest BCUT2D eigenvalue weighted by Gasteiger charge is 2.20. The van der Waals surface area contributed by atoms with Crippen LogP contribution in [0.25, 0.3) is 0 Å². The SMILES string of the molecule is CC[C@@](C)(CO)CCc1sccc1C. The molecule has 0 radical (unpaired) electrons. The molecule has 0 saturated heterocycles. The maximum Gasteiger partial charge on any atom is 0.0484 e. The van der Waals surface area contributed by atoms with Crippen molar-refractivity contribution in [2.24, 2.45) is 5.41 Å². The van der Waals surface area contributed by atoms with Crippen LogP contribution in [0.4, 0.5) is 0 Å². The fraction of sp³-hybridized carbons (Fsp3) is 0.667. The molecule has 1 N–H and O–H groups in total. The summed E-state index contributed by atoms with van der Waals surface area (Å²) in [5.41, 5.74) is 1.50. The Morgan fingerprint density at radius 3 is 2.64 bits per heavy atom. The van der Waals surface area contributed by atoms with E-state index in [0.717, 1.165) is 19.3 Å². The molecule has 0 fully saturated rings. The van der Waals surface area contributed by atoms with E-state index >= 15 is 0 Å². The Kier molecular flexibility index (Phi) is 4.14. The van der Waals surface area contributed by atoms with Crippen molar-refractivity contribution in [2.75, 3.05) is 6.61 Å². The van der Waals surface area contributed by atoms with E-state index in [1.165, 1.54) is 10.4 Å². The van der Waals surface area contributed by atoms with Crippen LogP contribution >= 0.6 is 11.3 Å². The van der Waals surface area contributed by atoms with E-state index in [0.29, 0.717) is 6.61 Å². The lowest BCUT2D eigenvalue weighted by atomic mass is 9.83. The molecule has 14 heavy (non-hydrogen) atoms. The van der Waals surface area contributed by atoms with Crippen molar-refractivity contribution >= 4 is 11.3 Å². The summed E-state index contributed by atoms with van der Waals surface area (Å²) in [6.07, 6.45) is 3.24. The summed E-state index contributed by atoms with van der Waals surface area (Å²) in [4.78, 5) is 1.47. The molecular formula is C12H20OS. The third kappa shape index (κ3) is 2.82. The van der Waals surface area contributed by atoms with Gasteiger partial charge in [-0.15, -0.1) is 11.3 Å². The third-order valence-electron chi connectivity index (χ3n) is 3.16. The largest absolute Gasteiger partial charge is 0.396 e. The van der Waals surface area contributed by atoms with Gasteiger partial charge in [-0.1, -0.05) is 13.8 Å². The molecule has 1 aromatic rings. The summed E-state index contributed by atoms with van der Waals surface area (Å²) in [6.45, 7) is 6.77. The van der Waals surface area contributed by atoms with Crippen LogP contribution in [0.15, 0.2) is 11.4 Å². The number of hydrogen-bond donors (Lipinski definition) is 1. The number of rotatable bonds is 5. The molecule has 1 nitrogen and oxygen atoms in total. The first-order valence-corrected chi connectivity index (χ1v) is 6.13. The molecule has 0 bridgehead atoms. The van der Waals surface area contributed by atoms with Gasteiger partial charge in [0, 0.05) is 11.5 Å². The molecule has 1 rings (SSSR count). The van der Waals surface area contributed by atoms with E-state index in [1.807, 2.05) is 11.3 Å². The fourth-order valence-electron chi connectivity index (χ4n) is 1.44. The van der Waals surface area contributed by atoms with Gasteiger partial charge in [-0.3, -0.25) is 0 Å². The summed E-state index contributed by atoms with van der Waals surface area (Å²) < 4.78 is 0. The topological polar surface area (TPSA) is 20.2 Å². The molecule has 0 amide bonds. The number of aryl methyl sites for hydroxylation is 2. The lowest BCUT2D eigenvalue weighted by Crippen LogP contribution is -2.20. The van der Waals surface area contributed by atoms with Gasteiger partial charge in [0.25, 0.3) is 0 Å². The molecule has 0 aromatic carbocycles. The second kappa shape index (κ2) is 4.94. The minimum absolute atomic E-state index is 0.108. The molecule has 2 heteroatoms. The zero-order valence-electron chi connectivity index (χ0n) is 9.34. The minimum Gasteiger partial charge on any atom is -0.396 e. The van der Waals surface area contributed by atoms with Crippen molar-refractivity contribution < 1.29 is 5.11 Å². The van der Waals surface area contributed by atoms with Crippen molar-refractivity contribution in [3.63, 3.8) is 0 Å². The van der Waals surface area contributed by atoms with Gasteiger partial charge in [0.05, 0.1) is 0 Å². The summed E-state index contributed by atoms with van der Waals surface area (Å²) >= 11 is 1.83. The molecule has 0 unspecified atom stereocenters. The third-order valence-corrected chi connectivity index (χ3v) is 4.24. The highest BCUT2D eigenvalue weighted by atomic mass is 32.1. The van der Waals surface area contributed by atoms with Crippen LogP contribution in [0.5, 0.6) is 0 Å². The lowest BCUT2D eigenvalue weighted by Gasteiger charge is -2.25. The van der Waals surface area contributed by atoms with Crippen LogP contribution in [-0.2, 0) is 6.42 Å². The Balaban J connectivity index is 2.52. The van der Waals surface area contributed by atoms with Crippen molar-refractivity contribution in [2.45, 2.75) is 40.0 Å². The van der Waals surface area contributed by atoms with Crippen LogP contribution in [0.3, 0.4) is 0 Å². The monoisotopic (exact) mass is 212 g/mol. The zero-order chi connectivity index (χ0) is 10.6. The Hall–Kier alpha value is -0.340. The number of aliphatic hydroxyl groups excluding tert-OH is 1. The van der Waals surface area contributed by atoms with Gasteiger partial charge < -0.3 is 5.11 Å². The predicted molar refractivity (Wildman–Crippen MR) is 62.9 cm³/mol. The molecule has 0 aliphatic heterocycles. The summed E-state index contributed by atoms with van der Waals surface area (Å²) in [7, 11) is 0. The number of hydrogen-bond acceptors (Lipinski definition) is 2. The fourth-order valence-corrected chi connectivity index (χ4v) is 2.35. The Bertz CT molecular complexity index is 274. The molecule has 0 saturated carbocycles. The van der Waals surface area contributed by atoms with E-state index in [2.05, 4.69) is 32.2 Å². The maximum absolute atomic E-state index is 9.29. The van der Waals surface area contributed by atoms with E-state index in [9.17, 15) is 5.11 Å². The van der Waals surface area contributed by atoms with Gasteiger partial charge in [-0.25, -0.2) is 0 Å². The highest BCUT2D eigenvalue weighted by Crippen LogP contribution is 2.28. The van der Waals surface area contributed by atoms with Gasteiger partial charge in [0.1, 0.15) is 0 Å². The van der Waals surface area contributed by atoms with Crippen LogP contribution in [0.1, 0.15) is 37.1 Å². The van der Waals surface area contributed by atoms with Crippen LogP contribution in [0, 0.1) is 12.3 Å². The first kappa shape index (κ1) is 11.7. The van der Waals surface area contributed by atoms with E-state index < -0.39 is 0 Å². The summed E-state index contributed by atoms with van der Waals surface area (Å²) in [5, 5.41) is 11.4. The van der Waals surface area contributed by atoms with Crippen LogP contribution in [0.2, 0.25) is 0 Å².